The molecule has 0 bridgehead atoms. The first-order valence-electron chi connectivity index (χ1n) is 12.6. The first-order valence-corrected chi connectivity index (χ1v) is 12.6. The van der Waals surface area contributed by atoms with E-state index in [1.165, 1.54) is 27.8 Å². The summed E-state index contributed by atoms with van der Waals surface area (Å²) in [6.45, 7) is 8.33. The molecule has 5 rings (SSSR count). The van der Waals surface area contributed by atoms with Gasteiger partial charge in [0.2, 0.25) is 0 Å². The van der Waals surface area contributed by atoms with Gasteiger partial charge >= 0.3 is 0 Å². The number of carbonyl (C=O) groups excluding carboxylic acids is 1. The molecule has 0 radical (unpaired) electrons. The fourth-order valence-corrected chi connectivity index (χ4v) is 7.50. The van der Waals surface area contributed by atoms with Crippen molar-refractivity contribution in [1.29, 1.82) is 0 Å². The highest BCUT2D eigenvalue weighted by Crippen LogP contribution is 2.66. The van der Waals surface area contributed by atoms with Crippen LogP contribution in [0.25, 0.3) is 0 Å². The molecule has 3 heteroatoms. The van der Waals surface area contributed by atoms with Crippen molar-refractivity contribution in [3.63, 3.8) is 0 Å². The van der Waals surface area contributed by atoms with Crippen LogP contribution in [0.2, 0.25) is 0 Å². The first kappa shape index (κ1) is 22.6. The molecule has 0 unspecified atom stereocenters. The van der Waals surface area contributed by atoms with E-state index < -0.39 is 17.1 Å². The van der Waals surface area contributed by atoms with E-state index in [0.717, 1.165) is 25.7 Å². The molecule has 2 saturated carbocycles. The van der Waals surface area contributed by atoms with Crippen molar-refractivity contribution in [2.24, 2.45) is 17.3 Å². The summed E-state index contributed by atoms with van der Waals surface area (Å²) in [6, 6.07) is 8.99. The van der Waals surface area contributed by atoms with Crippen LogP contribution in [0.3, 0.4) is 0 Å². The Morgan fingerprint density at radius 3 is 2.52 bits per heavy atom. The number of aliphatic hydroxyl groups is 2. The van der Waals surface area contributed by atoms with Crippen molar-refractivity contribution in [2.75, 3.05) is 0 Å². The smallest absolute Gasteiger partial charge is 0.156 e. The Kier molecular flexibility index (Phi) is 5.46. The average molecular weight is 445 g/mol. The number of fused-ring (bicyclic) bond motifs is 4. The van der Waals surface area contributed by atoms with Gasteiger partial charge in [0.05, 0.1) is 6.10 Å². The Morgan fingerprint density at radius 1 is 1.12 bits per heavy atom. The molecule has 0 aliphatic heterocycles. The van der Waals surface area contributed by atoms with Crippen LogP contribution in [0.15, 0.2) is 47.1 Å². The molecule has 0 aromatic heterocycles. The van der Waals surface area contributed by atoms with Crippen molar-refractivity contribution >= 4 is 5.78 Å². The second-order valence-corrected chi connectivity index (χ2v) is 11.2. The third-order valence-corrected chi connectivity index (χ3v) is 9.28. The lowest BCUT2D eigenvalue weighted by atomic mass is 9.51. The van der Waals surface area contributed by atoms with Crippen LogP contribution in [-0.2, 0) is 4.79 Å². The number of carbonyl (C=O) groups is 1. The number of hydrogen-bond donors (Lipinski definition) is 2. The van der Waals surface area contributed by atoms with Crippen molar-refractivity contribution in [1.82, 2.24) is 0 Å². The van der Waals surface area contributed by atoms with Gasteiger partial charge in [0.1, 0.15) is 0 Å². The summed E-state index contributed by atoms with van der Waals surface area (Å²) in [7, 11) is 0. The Balaban J connectivity index is 1.69. The summed E-state index contributed by atoms with van der Waals surface area (Å²) < 4.78 is 0. The molecule has 174 valence electrons. The van der Waals surface area contributed by atoms with E-state index in [1.54, 1.807) is 6.92 Å². The minimum Gasteiger partial charge on any atom is -0.389 e. The lowest BCUT2D eigenvalue weighted by Gasteiger charge is -2.53. The predicted molar refractivity (Wildman–Crippen MR) is 131 cm³/mol. The van der Waals surface area contributed by atoms with Crippen LogP contribution in [0.4, 0.5) is 0 Å². The van der Waals surface area contributed by atoms with Gasteiger partial charge in [-0.05, 0) is 85.1 Å². The Morgan fingerprint density at radius 2 is 1.85 bits per heavy atom. The minimum atomic E-state index is -1.39. The van der Waals surface area contributed by atoms with E-state index in [4.69, 9.17) is 0 Å². The van der Waals surface area contributed by atoms with Gasteiger partial charge in [-0.3, -0.25) is 4.79 Å². The van der Waals surface area contributed by atoms with Gasteiger partial charge in [0, 0.05) is 17.8 Å². The van der Waals surface area contributed by atoms with E-state index in [9.17, 15) is 15.0 Å². The minimum absolute atomic E-state index is 0.167. The average Bonchev–Trinajstić information content (AvgIpc) is 2.99. The fraction of sp³-hybridized carbons (Fsp3) is 0.567. The molecular weight excluding hydrogens is 408 g/mol. The molecule has 4 aliphatic rings. The maximum atomic E-state index is 12.2. The zero-order valence-electron chi connectivity index (χ0n) is 20.3. The SMILES string of the molecule is CC#C[C@]1(O)[C@H](O)C[C@H]2[C@@H]3CCC4=CC(=O)CCC4=C3[C@@H](c3ccc(C(C)C)cc3)C[C@@]21C. The van der Waals surface area contributed by atoms with E-state index in [0.29, 0.717) is 24.7 Å². The van der Waals surface area contributed by atoms with Crippen LogP contribution in [0, 0.1) is 29.1 Å². The number of hydrogen-bond acceptors (Lipinski definition) is 3. The Hall–Kier alpha value is -2.15. The second kappa shape index (κ2) is 7.97. The maximum absolute atomic E-state index is 12.2. The van der Waals surface area contributed by atoms with Crippen molar-refractivity contribution in [2.45, 2.75) is 89.8 Å². The number of allylic oxidation sites excluding steroid dienone is 4. The summed E-state index contributed by atoms with van der Waals surface area (Å²) in [4.78, 5) is 12.2. The zero-order chi connectivity index (χ0) is 23.5. The molecule has 0 heterocycles. The van der Waals surface area contributed by atoms with Crippen LogP contribution in [0.1, 0.15) is 89.2 Å². The van der Waals surface area contributed by atoms with Crippen LogP contribution >= 0.6 is 0 Å². The van der Waals surface area contributed by atoms with E-state index in [2.05, 4.69) is 56.9 Å². The Labute approximate surface area is 198 Å². The zero-order valence-corrected chi connectivity index (χ0v) is 20.3. The molecule has 4 aliphatic carbocycles. The summed E-state index contributed by atoms with van der Waals surface area (Å²) in [5.74, 6) is 7.35. The van der Waals surface area contributed by atoms with Crippen molar-refractivity contribution in [3.8, 4) is 11.8 Å². The van der Waals surface area contributed by atoms with Gasteiger partial charge in [0.15, 0.2) is 11.4 Å². The van der Waals surface area contributed by atoms with E-state index in [-0.39, 0.29) is 17.6 Å². The molecule has 0 saturated heterocycles. The quantitative estimate of drug-likeness (QED) is 0.598. The Bertz CT molecular complexity index is 1100. The van der Waals surface area contributed by atoms with Crippen LogP contribution < -0.4 is 0 Å². The van der Waals surface area contributed by atoms with E-state index in [1.807, 2.05) is 6.08 Å². The van der Waals surface area contributed by atoms with Gasteiger partial charge in [0.25, 0.3) is 0 Å². The molecule has 3 nitrogen and oxygen atoms in total. The molecule has 6 atom stereocenters. The molecule has 0 spiro atoms. The summed E-state index contributed by atoms with van der Waals surface area (Å²) in [5, 5.41) is 22.8. The maximum Gasteiger partial charge on any atom is 0.156 e. The lowest BCUT2D eigenvalue weighted by molar-refractivity contribution is -0.114. The standard InChI is InChI=1S/C30H36O3/c1-5-14-30(33)27(32)16-26-24-12-10-21-15-22(31)11-13-23(21)28(24)25(17-29(26,30)4)20-8-6-19(7-9-20)18(2)3/h6-9,15,18,24-27,32-33H,10-13,16-17H2,1-4H3/t24-,25+,26-,27+,29-,30-/m0/s1. The van der Waals surface area contributed by atoms with E-state index >= 15 is 0 Å². The highest BCUT2D eigenvalue weighted by Gasteiger charge is 2.66. The normalized spacial score (nSPS) is 37.7. The fourth-order valence-electron chi connectivity index (χ4n) is 7.50. The molecule has 2 N–H and O–H groups in total. The molecule has 33 heavy (non-hydrogen) atoms. The molecule has 2 fully saturated rings. The number of benzene rings is 1. The highest BCUT2D eigenvalue weighted by molar-refractivity contribution is 5.93. The van der Waals surface area contributed by atoms with Gasteiger partial charge in [-0.25, -0.2) is 0 Å². The van der Waals surface area contributed by atoms with Crippen molar-refractivity contribution in [3.05, 3.63) is 58.2 Å². The predicted octanol–water partition coefficient (Wildman–Crippen LogP) is 5.43. The number of rotatable bonds is 2. The van der Waals surface area contributed by atoms with Gasteiger partial charge in [-0.2, -0.15) is 0 Å². The van der Waals surface area contributed by atoms with Gasteiger partial charge < -0.3 is 10.2 Å². The van der Waals surface area contributed by atoms with Crippen LogP contribution in [0.5, 0.6) is 0 Å². The molecular formula is C30H36O3. The first-order chi connectivity index (χ1) is 15.7. The molecule has 0 amide bonds. The van der Waals surface area contributed by atoms with Crippen molar-refractivity contribution < 1.29 is 15.0 Å². The second-order valence-electron chi connectivity index (χ2n) is 11.2. The lowest BCUT2D eigenvalue weighted by Crippen LogP contribution is -2.54. The summed E-state index contributed by atoms with van der Waals surface area (Å²) in [6.07, 6.45) is 5.69. The molecule has 1 aromatic rings. The third kappa shape index (κ3) is 3.29. The topological polar surface area (TPSA) is 57.5 Å². The highest BCUT2D eigenvalue weighted by atomic mass is 16.3. The monoisotopic (exact) mass is 444 g/mol. The number of ketones is 1. The third-order valence-electron chi connectivity index (χ3n) is 9.28. The summed E-state index contributed by atoms with van der Waals surface area (Å²) >= 11 is 0. The summed E-state index contributed by atoms with van der Waals surface area (Å²) in [5.41, 5.74) is 4.81. The largest absolute Gasteiger partial charge is 0.389 e. The van der Waals surface area contributed by atoms with Gasteiger partial charge in [-0.1, -0.05) is 56.5 Å². The van der Waals surface area contributed by atoms with Gasteiger partial charge in [-0.15, -0.1) is 5.92 Å². The number of aliphatic hydroxyl groups excluding tert-OH is 1. The van der Waals surface area contributed by atoms with Crippen LogP contribution in [-0.4, -0.2) is 27.7 Å². The molecule has 1 aromatic carbocycles.